The summed E-state index contributed by atoms with van der Waals surface area (Å²) in [6, 6.07) is 26.8. The van der Waals surface area contributed by atoms with Gasteiger partial charge in [-0.05, 0) is 42.3 Å². The van der Waals surface area contributed by atoms with Crippen LogP contribution in [0.2, 0.25) is 0 Å². The van der Waals surface area contributed by atoms with Crippen LogP contribution in [0.15, 0.2) is 84.9 Å². The van der Waals surface area contributed by atoms with E-state index in [1.807, 2.05) is 55.5 Å². The van der Waals surface area contributed by atoms with E-state index in [0.29, 0.717) is 23.0 Å². The highest BCUT2D eigenvalue weighted by atomic mass is 16.5. The van der Waals surface area contributed by atoms with Crippen molar-refractivity contribution in [2.24, 2.45) is 0 Å². The second kappa shape index (κ2) is 7.30. The molecule has 0 atom stereocenters. The molecule has 0 saturated carbocycles. The highest BCUT2D eigenvalue weighted by Gasteiger charge is 2.10. The summed E-state index contributed by atoms with van der Waals surface area (Å²) < 4.78 is 5.92. The molecule has 4 nitrogen and oxygen atoms in total. The van der Waals surface area contributed by atoms with E-state index in [9.17, 15) is 5.11 Å². The molecule has 1 aromatic heterocycles. The predicted molar refractivity (Wildman–Crippen MR) is 106 cm³/mol. The van der Waals surface area contributed by atoms with E-state index in [2.05, 4.69) is 22.1 Å². The molecular weight excluding hydrogens is 336 g/mol. The van der Waals surface area contributed by atoms with E-state index in [4.69, 9.17) is 4.74 Å². The number of phenols is 1. The number of nitrogens with zero attached hydrogens (tertiary/aromatic N) is 2. The summed E-state index contributed by atoms with van der Waals surface area (Å²) in [5, 5.41) is 10.1. The summed E-state index contributed by atoms with van der Waals surface area (Å²) in [6.07, 6.45) is 0. The van der Waals surface area contributed by atoms with Crippen LogP contribution in [0.1, 0.15) is 5.69 Å². The number of hydrogen-bond donors (Lipinski definition) is 1. The lowest BCUT2D eigenvalue weighted by atomic mass is 10.1. The second-order valence-corrected chi connectivity index (χ2v) is 6.18. The van der Waals surface area contributed by atoms with Crippen molar-refractivity contribution >= 4 is 0 Å². The molecule has 0 aliphatic carbocycles. The van der Waals surface area contributed by atoms with Crippen molar-refractivity contribution < 1.29 is 9.84 Å². The number of aromatic nitrogens is 2. The fourth-order valence-corrected chi connectivity index (χ4v) is 2.84. The molecule has 132 valence electrons. The third-order valence-corrected chi connectivity index (χ3v) is 4.16. The van der Waals surface area contributed by atoms with Gasteiger partial charge in [0.25, 0.3) is 0 Å². The Labute approximate surface area is 157 Å². The number of rotatable bonds is 4. The smallest absolute Gasteiger partial charge is 0.223 e. The van der Waals surface area contributed by atoms with E-state index in [-0.39, 0.29) is 5.75 Å². The Kier molecular flexibility index (Phi) is 4.54. The molecule has 0 amide bonds. The molecule has 0 aliphatic heterocycles. The van der Waals surface area contributed by atoms with Crippen LogP contribution in [-0.4, -0.2) is 15.1 Å². The molecule has 0 saturated heterocycles. The number of aryl methyl sites for hydroxylation is 1. The Morgan fingerprint density at radius 1 is 0.741 bits per heavy atom. The molecule has 4 heteroatoms. The normalized spacial score (nSPS) is 10.6. The zero-order chi connectivity index (χ0) is 18.6. The van der Waals surface area contributed by atoms with Gasteiger partial charge in [0.15, 0.2) is 5.82 Å². The Morgan fingerprint density at radius 3 is 2.15 bits per heavy atom. The van der Waals surface area contributed by atoms with Gasteiger partial charge in [0, 0.05) is 11.8 Å². The topological polar surface area (TPSA) is 55.2 Å². The standard InChI is InChI=1S/C23H18N2O2/c1-16-15-22(25-23(24-16)20-9-5-6-10-21(20)26)27-19-13-11-18(12-14-19)17-7-3-2-4-8-17/h2-15,26H,1H3. The van der Waals surface area contributed by atoms with Crippen LogP contribution < -0.4 is 4.74 Å². The monoisotopic (exact) mass is 354 g/mol. The van der Waals surface area contributed by atoms with Gasteiger partial charge < -0.3 is 9.84 Å². The fraction of sp³-hybridized carbons (Fsp3) is 0.0435. The van der Waals surface area contributed by atoms with Crippen LogP contribution in [0.5, 0.6) is 17.4 Å². The van der Waals surface area contributed by atoms with Gasteiger partial charge in [-0.3, -0.25) is 0 Å². The first-order chi connectivity index (χ1) is 13.2. The molecule has 3 aromatic carbocycles. The second-order valence-electron chi connectivity index (χ2n) is 6.18. The Balaban J connectivity index is 1.60. The van der Waals surface area contributed by atoms with Crippen molar-refractivity contribution in [2.75, 3.05) is 0 Å². The molecule has 4 rings (SSSR count). The van der Waals surface area contributed by atoms with Gasteiger partial charge >= 0.3 is 0 Å². The Bertz CT molecular complexity index is 1060. The third kappa shape index (κ3) is 3.80. The molecule has 4 aromatic rings. The van der Waals surface area contributed by atoms with E-state index in [1.165, 1.54) is 0 Å². The molecule has 1 N–H and O–H groups in total. The minimum Gasteiger partial charge on any atom is -0.507 e. The van der Waals surface area contributed by atoms with Crippen molar-refractivity contribution in [3.05, 3.63) is 90.6 Å². The van der Waals surface area contributed by atoms with Crippen LogP contribution in [0.4, 0.5) is 0 Å². The van der Waals surface area contributed by atoms with Crippen LogP contribution in [0.3, 0.4) is 0 Å². The Hall–Kier alpha value is -3.66. The molecule has 27 heavy (non-hydrogen) atoms. The highest BCUT2D eigenvalue weighted by Crippen LogP contribution is 2.29. The first-order valence-corrected chi connectivity index (χ1v) is 8.66. The first-order valence-electron chi connectivity index (χ1n) is 8.66. The van der Waals surface area contributed by atoms with Crippen molar-refractivity contribution in [1.82, 2.24) is 9.97 Å². The zero-order valence-electron chi connectivity index (χ0n) is 14.8. The largest absolute Gasteiger partial charge is 0.507 e. The SMILES string of the molecule is Cc1cc(Oc2ccc(-c3ccccc3)cc2)nc(-c2ccccc2O)n1. The number of phenolic OH excluding ortho intramolecular Hbond substituents is 1. The summed E-state index contributed by atoms with van der Waals surface area (Å²) in [7, 11) is 0. The highest BCUT2D eigenvalue weighted by molar-refractivity contribution is 5.65. The van der Waals surface area contributed by atoms with Gasteiger partial charge in [0.2, 0.25) is 5.88 Å². The number of para-hydroxylation sites is 1. The van der Waals surface area contributed by atoms with Crippen LogP contribution in [0, 0.1) is 6.92 Å². The van der Waals surface area contributed by atoms with Crippen molar-refractivity contribution in [2.45, 2.75) is 6.92 Å². The van der Waals surface area contributed by atoms with Gasteiger partial charge in [-0.2, -0.15) is 4.98 Å². The van der Waals surface area contributed by atoms with Crippen molar-refractivity contribution in [1.29, 1.82) is 0 Å². The van der Waals surface area contributed by atoms with Crippen LogP contribution >= 0.6 is 0 Å². The minimum atomic E-state index is 0.140. The van der Waals surface area contributed by atoms with E-state index < -0.39 is 0 Å². The lowest BCUT2D eigenvalue weighted by Crippen LogP contribution is -1.96. The summed E-state index contributed by atoms with van der Waals surface area (Å²) >= 11 is 0. The van der Waals surface area contributed by atoms with Gasteiger partial charge in [0.05, 0.1) is 5.56 Å². The molecule has 1 heterocycles. The average Bonchev–Trinajstić information content (AvgIpc) is 2.69. The average molecular weight is 354 g/mol. The van der Waals surface area contributed by atoms with Gasteiger partial charge in [-0.15, -0.1) is 0 Å². The van der Waals surface area contributed by atoms with Gasteiger partial charge in [0.1, 0.15) is 11.5 Å². The summed E-state index contributed by atoms with van der Waals surface area (Å²) in [5.74, 6) is 1.70. The maximum atomic E-state index is 10.1. The maximum absolute atomic E-state index is 10.1. The fourth-order valence-electron chi connectivity index (χ4n) is 2.84. The predicted octanol–water partition coefficient (Wildman–Crippen LogP) is 5.62. The van der Waals surface area contributed by atoms with E-state index in [0.717, 1.165) is 16.8 Å². The van der Waals surface area contributed by atoms with Crippen molar-refractivity contribution in [3.8, 4) is 39.9 Å². The maximum Gasteiger partial charge on any atom is 0.223 e. The summed E-state index contributed by atoms with van der Waals surface area (Å²) in [4.78, 5) is 8.86. The summed E-state index contributed by atoms with van der Waals surface area (Å²) in [6.45, 7) is 1.87. The van der Waals surface area contributed by atoms with Crippen LogP contribution in [0.25, 0.3) is 22.5 Å². The van der Waals surface area contributed by atoms with Crippen LogP contribution in [-0.2, 0) is 0 Å². The molecule has 0 bridgehead atoms. The molecular formula is C23H18N2O2. The van der Waals surface area contributed by atoms with E-state index >= 15 is 0 Å². The lowest BCUT2D eigenvalue weighted by Gasteiger charge is -2.09. The van der Waals surface area contributed by atoms with Gasteiger partial charge in [-0.25, -0.2) is 4.98 Å². The zero-order valence-corrected chi connectivity index (χ0v) is 14.8. The number of benzene rings is 3. The Morgan fingerprint density at radius 2 is 1.41 bits per heavy atom. The number of hydrogen-bond acceptors (Lipinski definition) is 4. The molecule has 0 unspecified atom stereocenters. The first kappa shape index (κ1) is 16.8. The number of ether oxygens (including phenoxy) is 1. The lowest BCUT2D eigenvalue weighted by molar-refractivity contribution is 0.460. The quantitative estimate of drug-likeness (QED) is 0.517. The van der Waals surface area contributed by atoms with Gasteiger partial charge in [-0.1, -0.05) is 54.6 Å². The molecule has 0 aliphatic rings. The molecule has 0 radical (unpaired) electrons. The molecule has 0 fully saturated rings. The van der Waals surface area contributed by atoms with E-state index in [1.54, 1.807) is 24.3 Å². The van der Waals surface area contributed by atoms with Crippen molar-refractivity contribution in [3.63, 3.8) is 0 Å². The summed E-state index contributed by atoms with van der Waals surface area (Å²) in [5.41, 5.74) is 3.62. The number of aromatic hydroxyl groups is 1. The third-order valence-electron chi connectivity index (χ3n) is 4.16. The minimum absolute atomic E-state index is 0.140. The molecule has 0 spiro atoms.